The maximum atomic E-state index is 13.2. The Hall–Kier alpha value is -1.62. The highest BCUT2D eigenvalue weighted by Gasteiger charge is 2.12. The number of rotatable bonds is 3. The van der Waals surface area contributed by atoms with Crippen LogP contribution >= 0.6 is 11.6 Å². The summed E-state index contributed by atoms with van der Waals surface area (Å²) >= 11 is 6.05. The zero-order valence-corrected chi connectivity index (χ0v) is 10.2. The largest absolute Gasteiger partial charge is 0.482 e. The van der Waals surface area contributed by atoms with Crippen LogP contribution in [0.5, 0.6) is 5.75 Å². The van der Waals surface area contributed by atoms with Crippen LogP contribution < -0.4 is 4.74 Å². The van der Waals surface area contributed by atoms with Crippen molar-refractivity contribution in [2.24, 2.45) is 7.05 Å². The molecule has 0 aliphatic heterocycles. The Morgan fingerprint density at radius 2 is 2.29 bits per heavy atom. The molecule has 17 heavy (non-hydrogen) atoms. The summed E-state index contributed by atoms with van der Waals surface area (Å²) in [6.45, 7) is 1.95. The van der Waals surface area contributed by atoms with Gasteiger partial charge < -0.3 is 4.74 Å². The summed E-state index contributed by atoms with van der Waals surface area (Å²) in [5.74, 6) is -0.537. The van der Waals surface area contributed by atoms with Crippen molar-refractivity contribution >= 4 is 11.6 Å². The predicted molar refractivity (Wildman–Crippen MR) is 61.5 cm³/mol. The number of aryl methyl sites for hydroxylation is 2. The second-order valence-electron chi connectivity index (χ2n) is 3.55. The Morgan fingerprint density at radius 3 is 2.88 bits per heavy atom. The normalized spacial score (nSPS) is 10.6. The summed E-state index contributed by atoms with van der Waals surface area (Å²) in [7, 11) is 1.76. The van der Waals surface area contributed by atoms with Crippen LogP contribution in [0.15, 0.2) is 18.3 Å². The van der Waals surface area contributed by atoms with E-state index in [-0.39, 0.29) is 12.4 Å². The molecule has 0 amide bonds. The van der Waals surface area contributed by atoms with E-state index in [0.29, 0.717) is 10.7 Å². The molecular formula is C11H11ClFN3O. The maximum absolute atomic E-state index is 13.2. The van der Waals surface area contributed by atoms with Gasteiger partial charge in [-0.05, 0) is 19.1 Å². The van der Waals surface area contributed by atoms with Gasteiger partial charge in [0.15, 0.2) is 5.75 Å². The van der Waals surface area contributed by atoms with E-state index in [2.05, 4.69) is 10.1 Å². The smallest absolute Gasteiger partial charge is 0.255 e. The van der Waals surface area contributed by atoms with E-state index in [1.807, 2.05) is 0 Å². The first kappa shape index (κ1) is 11.9. The minimum Gasteiger partial charge on any atom is -0.482 e. The van der Waals surface area contributed by atoms with Gasteiger partial charge in [-0.3, -0.25) is 4.68 Å². The van der Waals surface area contributed by atoms with Crippen molar-refractivity contribution in [3.05, 3.63) is 40.7 Å². The van der Waals surface area contributed by atoms with Crippen molar-refractivity contribution in [3.8, 4) is 5.75 Å². The molecule has 2 aromatic rings. The Bertz CT molecular complexity index is 542. The molecule has 2 rings (SSSR count). The van der Waals surface area contributed by atoms with Crippen LogP contribution in [0.4, 0.5) is 4.39 Å². The molecule has 2 aromatic heterocycles. The lowest BCUT2D eigenvalue weighted by Crippen LogP contribution is -2.04. The monoisotopic (exact) mass is 255 g/mol. The van der Waals surface area contributed by atoms with E-state index in [1.54, 1.807) is 24.7 Å². The average Bonchev–Trinajstić information content (AvgIpc) is 2.53. The summed E-state index contributed by atoms with van der Waals surface area (Å²) in [4.78, 5) is 3.49. The van der Waals surface area contributed by atoms with Crippen molar-refractivity contribution in [3.63, 3.8) is 0 Å². The van der Waals surface area contributed by atoms with Crippen LogP contribution in [0.3, 0.4) is 0 Å². The molecule has 0 N–H and O–H groups in total. The lowest BCUT2D eigenvalue weighted by Gasteiger charge is -2.06. The van der Waals surface area contributed by atoms with Crippen molar-refractivity contribution in [1.82, 2.24) is 14.8 Å². The summed E-state index contributed by atoms with van der Waals surface area (Å²) in [6.07, 6.45) is 1.36. The molecule has 6 heteroatoms. The molecular weight excluding hydrogens is 245 g/mol. The number of aromatic nitrogens is 3. The van der Waals surface area contributed by atoms with Gasteiger partial charge >= 0.3 is 0 Å². The molecule has 2 heterocycles. The molecule has 90 valence electrons. The predicted octanol–water partition coefficient (Wildman–Crippen LogP) is 2.50. The molecule has 0 aliphatic carbocycles. The summed E-state index contributed by atoms with van der Waals surface area (Å²) in [5, 5.41) is 4.68. The summed E-state index contributed by atoms with van der Waals surface area (Å²) in [5.41, 5.74) is 1.42. The average molecular weight is 256 g/mol. The number of halogens is 2. The summed E-state index contributed by atoms with van der Waals surface area (Å²) in [6, 6.07) is 3.12. The van der Waals surface area contributed by atoms with Crippen molar-refractivity contribution in [2.45, 2.75) is 13.5 Å². The van der Waals surface area contributed by atoms with Crippen LogP contribution in [0.25, 0.3) is 0 Å². The van der Waals surface area contributed by atoms with E-state index < -0.39 is 5.95 Å². The standard InChI is InChI=1S/C11H11ClFN3O/c1-7-10(12)8(16(2)15-7)6-17-9-4-3-5-14-11(9)13/h3-5H,6H2,1-2H3. The Kier molecular flexibility index (Phi) is 3.28. The van der Waals surface area contributed by atoms with Gasteiger partial charge in [-0.15, -0.1) is 0 Å². The highest BCUT2D eigenvalue weighted by atomic mass is 35.5. The van der Waals surface area contributed by atoms with Gasteiger partial charge in [-0.2, -0.15) is 9.49 Å². The third-order valence-electron chi connectivity index (χ3n) is 2.35. The number of hydrogen-bond donors (Lipinski definition) is 0. The molecule has 0 bridgehead atoms. The third kappa shape index (κ3) is 2.39. The van der Waals surface area contributed by atoms with Gasteiger partial charge in [0.1, 0.15) is 6.61 Å². The molecule has 0 aliphatic rings. The van der Waals surface area contributed by atoms with Gasteiger partial charge in [-0.1, -0.05) is 11.6 Å². The highest BCUT2D eigenvalue weighted by molar-refractivity contribution is 6.31. The molecule has 4 nitrogen and oxygen atoms in total. The first-order valence-electron chi connectivity index (χ1n) is 5.01. The quantitative estimate of drug-likeness (QED) is 0.791. The molecule has 0 saturated heterocycles. The van der Waals surface area contributed by atoms with Crippen molar-refractivity contribution < 1.29 is 9.13 Å². The highest BCUT2D eigenvalue weighted by Crippen LogP contribution is 2.22. The van der Waals surface area contributed by atoms with E-state index in [4.69, 9.17) is 16.3 Å². The van der Waals surface area contributed by atoms with Crippen molar-refractivity contribution in [1.29, 1.82) is 0 Å². The summed E-state index contributed by atoms with van der Waals surface area (Å²) < 4.78 is 20.1. The fourth-order valence-electron chi connectivity index (χ4n) is 1.46. The van der Waals surface area contributed by atoms with Gasteiger partial charge in [0, 0.05) is 13.2 Å². The minimum atomic E-state index is -0.637. The number of ether oxygens (including phenoxy) is 1. The van der Waals surface area contributed by atoms with Crippen LogP contribution in [-0.2, 0) is 13.7 Å². The van der Waals surface area contributed by atoms with E-state index >= 15 is 0 Å². The van der Waals surface area contributed by atoms with E-state index in [1.165, 1.54) is 12.3 Å². The van der Waals surface area contributed by atoms with Crippen LogP contribution in [-0.4, -0.2) is 14.8 Å². The molecule has 0 fully saturated rings. The first-order valence-corrected chi connectivity index (χ1v) is 5.38. The number of pyridine rings is 1. The number of nitrogens with zero attached hydrogens (tertiary/aromatic N) is 3. The van der Waals surface area contributed by atoms with E-state index in [9.17, 15) is 4.39 Å². The van der Waals surface area contributed by atoms with E-state index in [0.717, 1.165) is 5.69 Å². The Balaban J connectivity index is 2.15. The van der Waals surface area contributed by atoms with Gasteiger partial charge in [0.05, 0.1) is 16.4 Å². The molecule has 0 aromatic carbocycles. The number of hydrogen-bond acceptors (Lipinski definition) is 3. The molecule has 0 spiro atoms. The molecule has 0 unspecified atom stereocenters. The van der Waals surface area contributed by atoms with Gasteiger partial charge in [-0.25, -0.2) is 4.98 Å². The Morgan fingerprint density at radius 1 is 1.53 bits per heavy atom. The Labute approximate surface area is 103 Å². The molecule has 0 saturated carbocycles. The van der Waals surface area contributed by atoms with Crippen LogP contribution in [0.2, 0.25) is 5.02 Å². The van der Waals surface area contributed by atoms with Crippen LogP contribution in [0.1, 0.15) is 11.4 Å². The first-order chi connectivity index (χ1) is 8.09. The van der Waals surface area contributed by atoms with Crippen molar-refractivity contribution in [2.75, 3.05) is 0 Å². The second-order valence-corrected chi connectivity index (χ2v) is 3.93. The van der Waals surface area contributed by atoms with Gasteiger partial charge in [0.25, 0.3) is 5.95 Å². The fraction of sp³-hybridized carbons (Fsp3) is 0.273. The zero-order chi connectivity index (χ0) is 12.4. The topological polar surface area (TPSA) is 39.9 Å². The van der Waals surface area contributed by atoms with Gasteiger partial charge in [0.2, 0.25) is 0 Å². The fourth-order valence-corrected chi connectivity index (χ4v) is 1.68. The zero-order valence-electron chi connectivity index (χ0n) is 9.44. The lowest BCUT2D eigenvalue weighted by atomic mass is 10.4. The maximum Gasteiger partial charge on any atom is 0.255 e. The third-order valence-corrected chi connectivity index (χ3v) is 2.84. The van der Waals surface area contributed by atoms with Crippen LogP contribution in [0, 0.1) is 12.9 Å². The second kappa shape index (κ2) is 4.71. The minimum absolute atomic E-state index is 0.0995. The molecule has 0 radical (unpaired) electrons. The lowest BCUT2D eigenvalue weighted by molar-refractivity contribution is 0.276. The molecule has 0 atom stereocenters. The SMILES string of the molecule is Cc1nn(C)c(COc2cccnc2F)c1Cl.